The number of halogens is 1. The molecule has 0 saturated heterocycles. The number of hydrogen-bond acceptors (Lipinski definition) is 5. The summed E-state index contributed by atoms with van der Waals surface area (Å²) in [6, 6.07) is 15.3. The minimum atomic E-state index is -3.53. The average molecular weight is 427 g/mol. The number of para-hydroxylation sites is 1. The van der Waals surface area contributed by atoms with Crippen molar-refractivity contribution in [1.29, 1.82) is 0 Å². The maximum atomic E-state index is 14.5. The van der Waals surface area contributed by atoms with Gasteiger partial charge in [0.15, 0.2) is 5.76 Å². The first-order valence-electron chi connectivity index (χ1n) is 9.09. The van der Waals surface area contributed by atoms with Crippen LogP contribution in [-0.2, 0) is 10.0 Å². The molecule has 1 N–H and O–H groups in total. The maximum absolute atomic E-state index is 14.5. The zero-order valence-corrected chi connectivity index (χ0v) is 16.8. The van der Waals surface area contributed by atoms with Crippen molar-refractivity contribution in [2.45, 2.75) is 12.5 Å². The number of amides is 1. The Bertz CT molecular complexity index is 1220. The molecule has 0 unspecified atom stereocenters. The number of sulfonamides is 1. The molecule has 7 nitrogen and oxygen atoms in total. The quantitative estimate of drug-likeness (QED) is 0.671. The molecule has 154 valence electrons. The van der Waals surface area contributed by atoms with Crippen LogP contribution >= 0.6 is 0 Å². The van der Waals surface area contributed by atoms with Crippen molar-refractivity contribution in [2.24, 2.45) is 5.10 Å². The molecule has 9 heteroatoms. The highest BCUT2D eigenvalue weighted by Gasteiger charge is 2.36. The predicted octanol–water partition coefficient (Wildman–Crippen LogP) is 3.78. The molecular formula is C21H18FN3O4S. The van der Waals surface area contributed by atoms with Gasteiger partial charge in [-0.1, -0.05) is 36.4 Å². The van der Waals surface area contributed by atoms with Gasteiger partial charge in [0.1, 0.15) is 5.82 Å². The summed E-state index contributed by atoms with van der Waals surface area (Å²) in [5.41, 5.74) is 1.61. The number of anilines is 1. The molecule has 30 heavy (non-hydrogen) atoms. The van der Waals surface area contributed by atoms with E-state index in [9.17, 15) is 17.6 Å². The summed E-state index contributed by atoms with van der Waals surface area (Å²) in [7, 11) is -3.53. The normalized spacial score (nSPS) is 16.4. The SMILES string of the molecule is CS(=O)(=O)Nc1ccccc1C1=NN(C(=O)c2ccco2)[C@@H](c2ccccc2F)C1. The number of carbonyl (C=O) groups excluding carboxylic acids is 1. The molecule has 4 rings (SSSR count). The first-order valence-corrected chi connectivity index (χ1v) is 11.0. The molecule has 3 aromatic rings. The van der Waals surface area contributed by atoms with Gasteiger partial charge in [-0.25, -0.2) is 17.8 Å². The predicted molar refractivity (Wildman–Crippen MR) is 110 cm³/mol. The molecule has 1 aliphatic heterocycles. The number of hydrogen-bond donors (Lipinski definition) is 1. The van der Waals surface area contributed by atoms with Crippen molar-refractivity contribution in [1.82, 2.24) is 5.01 Å². The van der Waals surface area contributed by atoms with E-state index in [0.29, 0.717) is 22.5 Å². The van der Waals surface area contributed by atoms with Crippen LogP contribution in [0.2, 0.25) is 0 Å². The van der Waals surface area contributed by atoms with Crippen LogP contribution < -0.4 is 4.72 Å². The molecule has 1 aliphatic rings. The molecule has 0 radical (unpaired) electrons. The van der Waals surface area contributed by atoms with E-state index < -0.39 is 27.8 Å². The molecule has 1 aromatic heterocycles. The Hall–Kier alpha value is -3.46. The first-order chi connectivity index (χ1) is 14.3. The molecule has 2 heterocycles. The topological polar surface area (TPSA) is 92.0 Å². The third kappa shape index (κ3) is 3.97. The Morgan fingerprint density at radius 1 is 1.13 bits per heavy atom. The molecule has 0 fully saturated rings. The number of benzene rings is 2. The molecule has 0 aliphatic carbocycles. The van der Waals surface area contributed by atoms with Gasteiger partial charge in [0.2, 0.25) is 10.0 Å². The monoisotopic (exact) mass is 427 g/mol. The lowest BCUT2D eigenvalue weighted by atomic mass is 9.97. The van der Waals surface area contributed by atoms with Crippen molar-refractivity contribution in [3.63, 3.8) is 0 Å². The summed E-state index contributed by atoms with van der Waals surface area (Å²) in [6.07, 6.45) is 2.63. The molecule has 0 bridgehead atoms. The van der Waals surface area contributed by atoms with Gasteiger partial charge < -0.3 is 4.42 Å². The molecule has 0 saturated carbocycles. The lowest BCUT2D eigenvalue weighted by Gasteiger charge is -2.21. The molecular weight excluding hydrogens is 409 g/mol. The fourth-order valence-electron chi connectivity index (χ4n) is 3.38. The van der Waals surface area contributed by atoms with E-state index >= 15 is 0 Å². The summed E-state index contributed by atoms with van der Waals surface area (Å²) < 4.78 is 45.7. The van der Waals surface area contributed by atoms with Crippen LogP contribution in [0.3, 0.4) is 0 Å². The molecule has 1 amide bonds. The fraction of sp³-hybridized carbons (Fsp3) is 0.143. The van der Waals surface area contributed by atoms with Gasteiger partial charge in [-0.2, -0.15) is 5.10 Å². The van der Waals surface area contributed by atoms with Crippen molar-refractivity contribution in [3.05, 3.63) is 89.6 Å². The van der Waals surface area contributed by atoms with E-state index in [2.05, 4.69) is 9.82 Å². The molecule has 2 aromatic carbocycles. The lowest BCUT2D eigenvalue weighted by molar-refractivity contribution is 0.0676. The average Bonchev–Trinajstić information content (AvgIpc) is 3.37. The van der Waals surface area contributed by atoms with Gasteiger partial charge >= 0.3 is 5.91 Å². The van der Waals surface area contributed by atoms with Crippen molar-refractivity contribution < 1.29 is 22.0 Å². The van der Waals surface area contributed by atoms with Crippen LogP contribution in [0.25, 0.3) is 0 Å². The van der Waals surface area contributed by atoms with E-state index in [1.54, 1.807) is 48.5 Å². The summed E-state index contributed by atoms with van der Waals surface area (Å²) in [5, 5.41) is 5.63. The van der Waals surface area contributed by atoms with Crippen molar-refractivity contribution >= 4 is 27.3 Å². The fourth-order valence-corrected chi connectivity index (χ4v) is 3.96. The van der Waals surface area contributed by atoms with Gasteiger partial charge in [-0.3, -0.25) is 9.52 Å². The van der Waals surface area contributed by atoms with Crippen LogP contribution in [0.4, 0.5) is 10.1 Å². The number of rotatable bonds is 5. The van der Waals surface area contributed by atoms with Gasteiger partial charge in [0.05, 0.1) is 30.0 Å². The first kappa shape index (κ1) is 19.8. The van der Waals surface area contributed by atoms with Crippen LogP contribution in [0.1, 0.15) is 34.1 Å². The van der Waals surface area contributed by atoms with Gasteiger partial charge in [0.25, 0.3) is 0 Å². The zero-order valence-electron chi connectivity index (χ0n) is 15.9. The van der Waals surface area contributed by atoms with Gasteiger partial charge in [-0.15, -0.1) is 0 Å². The van der Waals surface area contributed by atoms with Crippen molar-refractivity contribution in [3.8, 4) is 0 Å². The highest BCUT2D eigenvalue weighted by Crippen LogP contribution is 2.36. The van der Waals surface area contributed by atoms with E-state index in [0.717, 1.165) is 6.26 Å². The Morgan fingerprint density at radius 3 is 2.57 bits per heavy atom. The third-order valence-corrected chi connectivity index (χ3v) is 5.24. The Balaban J connectivity index is 1.78. The van der Waals surface area contributed by atoms with Crippen LogP contribution in [0.5, 0.6) is 0 Å². The van der Waals surface area contributed by atoms with Crippen LogP contribution in [0.15, 0.2) is 76.4 Å². The van der Waals surface area contributed by atoms with E-state index in [4.69, 9.17) is 4.42 Å². The van der Waals surface area contributed by atoms with Crippen LogP contribution in [-0.4, -0.2) is 31.3 Å². The number of nitrogens with one attached hydrogen (secondary N) is 1. The zero-order chi connectivity index (χ0) is 21.3. The largest absolute Gasteiger partial charge is 0.459 e. The molecule has 0 spiro atoms. The number of hydrazone groups is 1. The Kier molecular flexibility index (Phi) is 5.13. The van der Waals surface area contributed by atoms with E-state index in [1.165, 1.54) is 23.4 Å². The second-order valence-corrected chi connectivity index (χ2v) is 8.58. The highest BCUT2D eigenvalue weighted by atomic mass is 32.2. The maximum Gasteiger partial charge on any atom is 0.310 e. The smallest absolute Gasteiger partial charge is 0.310 e. The molecule has 1 atom stereocenters. The van der Waals surface area contributed by atoms with E-state index in [-0.39, 0.29) is 12.2 Å². The van der Waals surface area contributed by atoms with Crippen LogP contribution in [0, 0.1) is 5.82 Å². The third-order valence-electron chi connectivity index (χ3n) is 4.65. The Labute approximate surface area is 172 Å². The van der Waals surface area contributed by atoms with E-state index in [1.807, 2.05) is 0 Å². The van der Waals surface area contributed by atoms with Crippen molar-refractivity contribution in [2.75, 3.05) is 11.0 Å². The second kappa shape index (κ2) is 7.75. The summed E-state index contributed by atoms with van der Waals surface area (Å²) in [4.78, 5) is 13.0. The minimum absolute atomic E-state index is 0.0730. The number of carbonyl (C=O) groups is 1. The highest BCUT2D eigenvalue weighted by molar-refractivity contribution is 7.92. The second-order valence-electron chi connectivity index (χ2n) is 6.83. The number of furan rings is 1. The summed E-state index contributed by atoms with van der Waals surface area (Å²) in [6.45, 7) is 0. The lowest BCUT2D eigenvalue weighted by Crippen LogP contribution is -2.27. The Morgan fingerprint density at radius 2 is 1.87 bits per heavy atom. The minimum Gasteiger partial charge on any atom is -0.459 e. The summed E-state index contributed by atoms with van der Waals surface area (Å²) >= 11 is 0. The standard InChI is InChI=1S/C21H18FN3O4S/c1-30(27,28)24-17-10-5-3-8-15(17)18-13-19(14-7-2-4-9-16(14)22)25(23-18)21(26)20-11-6-12-29-20/h2-12,19,24H,13H2,1H3/t19-/m1/s1. The van der Waals surface area contributed by atoms with Gasteiger partial charge in [-0.05, 0) is 24.3 Å². The summed E-state index contributed by atoms with van der Waals surface area (Å²) in [5.74, 6) is -0.903. The van der Waals surface area contributed by atoms with Gasteiger partial charge in [0, 0.05) is 17.5 Å². The number of nitrogens with zero attached hydrogens (tertiary/aromatic N) is 2.